The minimum Gasteiger partial charge on any atom is -0.496 e. The fraction of sp³-hybridized carbons (Fsp3) is 0.625. The number of aromatic nitrogens is 3. The zero-order valence-corrected chi connectivity index (χ0v) is 19.9. The first kappa shape index (κ1) is 24.0. The van der Waals surface area contributed by atoms with E-state index in [1.54, 1.807) is 13.4 Å². The molecule has 1 saturated heterocycles. The number of rotatable bonds is 12. The van der Waals surface area contributed by atoms with Crippen molar-refractivity contribution in [3.05, 3.63) is 42.0 Å². The van der Waals surface area contributed by atoms with Crippen LogP contribution in [0, 0.1) is 0 Å². The van der Waals surface area contributed by atoms with Crippen LogP contribution in [0.1, 0.15) is 57.0 Å². The van der Waals surface area contributed by atoms with Crippen molar-refractivity contribution in [1.82, 2.24) is 30.3 Å². The first-order valence-electron chi connectivity index (χ1n) is 12.0. The van der Waals surface area contributed by atoms with E-state index in [2.05, 4.69) is 56.3 Å². The van der Waals surface area contributed by atoms with E-state index in [1.807, 2.05) is 12.1 Å². The number of methoxy groups -OCH3 is 1. The van der Waals surface area contributed by atoms with Crippen LogP contribution in [0.5, 0.6) is 5.75 Å². The number of hydrogen-bond donors (Lipinski definition) is 2. The maximum atomic E-state index is 5.68. The van der Waals surface area contributed by atoms with Crippen molar-refractivity contribution in [2.75, 3.05) is 39.8 Å². The second-order valence-corrected chi connectivity index (χ2v) is 8.19. The van der Waals surface area contributed by atoms with Crippen LogP contribution in [0.4, 0.5) is 0 Å². The van der Waals surface area contributed by atoms with Gasteiger partial charge in [0.05, 0.1) is 19.7 Å². The normalized spacial score (nSPS) is 15.7. The molecule has 32 heavy (non-hydrogen) atoms. The monoisotopic (exact) mass is 441 g/mol. The van der Waals surface area contributed by atoms with Gasteiger partial charge >= 0.3 is 0 Å². The number of hydrogen-bond acceptors (Lipinski definition) is 5. The molecule has 1 aliphatic heterocycles. The zero-order valence-electron chi connectivity index (χ0n) is 19.9. The molecule has 8 nitrogen and oxygen atoms in total. The Bertz CT molecular complexity index is 829. The Morgan fingerprint density at radius 1 is 1.16 bits per heavy atom. The highest BCUT2D eigenvalue weighted by Gasteiger charge is 2.25. The average Bonchev–Trinajstić information content (AvgIpc) is 3.51. The molecule has 8 heteroatoms. The lowest BCUT2D eigenvalue weighted by Crippen LogP contribution is -2.40. The Balaban J connectivity index is 1.70. The molecule has 1 unspecified atom stereocenters. The van der Waals surface area contributed by atoms with E-state index in [1.165, 1.54) is 18.4 Å². The highest BCUT2D eigenvalue weighted by Crippen LogP contribution is 2.31. The summed E-state index contributed by atoms with van der Waals surface area (Å²) < 4.78 is 7.77. The number of benzene rings is 1. The Kier molecular flexibility index (Phi) is 9.81. The number of aryl methyl sites for hydroxylation is 1. The predicted octanol–water partition coefficient (Wildman–Crippen LogP) is 3.02. The topological polar surface area (TPSA) is 79.6 Å². The van der Waals surface area contributed by atoms with Gasteiger partial charge in [-0.15, -0.1) is 10.2 Å². The molecule has 1 aromatic carbocycles. The molecule has 0 saturated carbocycles. The number of ether oxygens (including phenoxy) is 1. The summed E-state index contributed by atoms with van der Waals surface area (Å²) >= 11 is 0. The molecule has 2 N–H and O–H groups in total. The fourth-order valence-corrected chi connectivity index (χ4v) is 4.18. The molecule has 2 heterocycles. The summed E-state index contributed by atoms with van der Waals surface area (Å²) in [4.78, 5) is 7.55. The molecule has 0 spiro atoms. The maximum absolute atomic E-state index is 5.68. The quantitative estimate of drug-likeness (QED) is 0.299. The van der Waals surface area contributed by atoms with Crippen LogP contribution >= 0.6 is 0 Å². The standard InChI is InChI=1S/C24H39N7O/c1-4-6-13-25-24(26-14-17-31-19-28-29-23(31)5-2)27-18-21(30-15-9-10-16-30)20-11-7-8-12-22(20)32-3/h7-8,11-12,19,21H,4-6,9-10,13-18H2,1-3H3,(H2,25,26,27). The summed E-state index contributed by atoms with van der Waals surface area (Å²) in [5.74, 6) is 2.81. The highest BCUT2D eigenvalue weighted by atomic mass is 16.5. The van der Waals surface area contributed by atoms with Crippen LogP contribution in [0.15, 0.2) is 35.6 Å². The van der Waals surface area contributed by atoms with Crippen molar-refractivity contribution in [2.45, 2.75) is 58.5 Å². The van der Waals surface area contributed by atoms with Gasteiger partial charge in [-0.05, 0) is 38.4 Å². The van der Waals surface area contributed by atoms with Crippen LogP contribution in [0.2, 0.25) is 0 Å². The number of unbranched alkanes of at least 4 members (excludes halogenated alkanes) is 1. The van der Waals surface area contributed by atoms with Crippen molar-refractivity contribution >= 4 is 5.96 Å². The second-order valence-electron chi connectivity index (χ2n) is 8.19. The molecule has 1 aromatic heterocycles. The van der Waals surface area contributed by atoms with Gasteiger partial charge in [0.2, 0.25) is 0 Å². The number of nitrogens with zero attached hydrogens (tertiary/aromatic N) is 5. The minimum absolute atomic E-state index is 0.211. The first-order valence-corrected chi connectivity index (χ1v) is 12.0. The molecule has 3 rings (SSSR count). The van der Waals surface area contributed by atoms with E-state index in [4.69, 9.17) is 9.73 Å². The molecule has 0 bridgehead atoms. The van der Waals surface area contributed by atoms with Crippen LogP contribution < -0.4 is 15.4 Å². The molecule has 1 aliphatic rings. The van der Waals surface area contributed by atoms with Crippen molar-refractivity contribution in [2.24, 2.45) is 4.99 Å². The smallest absolute Gasteiger partial charge is 0.191 e. The lowest BCUT2D eigenvalue weighted by atomic mass is 10.0. The zero-order chi connectivity index (χ0) is 22.6. The van der Waals surface area contributed by atoms with Crippen molar-refractivity contribution in [3.63, 3.8) is 0 Å². The van der Waals surface area contributed by atoms with E-state index in [-0.39, 0.29) is 6.04 Å². The molecular formula is C24H39N7O. The van der Waals surface area contributed by atoms with Crippen LogP contribution in [0.25, 0.3) is 0 Å². The Hall–Kier alpha value is -2.61. The lowest BCUT2D eigenvalue weighted by molar-refractivity contribution is 0.245. The van der Waals surface area contributed by atoms with Gasteiger partial charge in [0.15, 0.2) is 5.96 Å². The van der Waals surface area contributed by atoms with Crippen molar-refractivity contribution in [3.8, 4) is 5.75 Å². The van der Waals surface area contributed by atoms with Crippen LogP contribution in [0.3, 0.4) is 0 Å². The third-order valence-corrected chi connectivity index (χ3v) is 5.98. The Morgan fingerprint density at radius 2 is 1.94 bits per heavy atom. The van der Waals surface area contributed by atoms with Crippen LogP contribution in [-0.2, 0) is 13.0 Å². The number of likely N-dealkylation sites (tertiary alicyclic amines) is 1. The fourth-order valence-electron chi connectivity index (χ4n) is 4.18. The average molecular weight is 442 g/mol. The SMILES string of the molecule is CCCCNC(=NCC(c1ccccc1OC)N1CCCC1)NCCn1cnnc1CC. The second kappa shape index (κ2) is 13.1. The van der Waals surface area contributed by atoms with E-state index in [0.29, 0.717) is 6.54 Å². The highest BCUT2D eigenvalue weighted by molar-refractivity contribution is 5.79. The summed E-state index contributed by atoms with van der Waals surface area (Å²) in [5.41, 5.74) is 1.21. The minimum atomic E-state index is 0.211. The molecule has 1 fully saturated rings. The number of para-hydroxylation sites is 1. The Labute approximate surface area is 192 Å². The molecule has 1 atom stereocenters. The molecular weight excluding hydrogens is 402 g/mol. The van der Waals surface area contributed by atoms with Crippen molar-refractivity contribution < 1.29 is 4.74 Å². The number of aliphatic imine (C=N–C) groups is 1. The van der Waals surface area contributed by atoms with Gasteiger partial charge in [-0.25, -0.2) is 0 Å². The number of nitrogens with one attached hydrogen (secondary N) is 2. The van der Waals surface area contributed by atoms with E-state index in [0.717, 1.165) is 69.5 Å². The van der Waals surface area contributed by atoms with E-state index in [9.17, 15) is 0 Å². The third-order valence-electron chi connectivity index (χ3n) is 5.98. The van der Waals surface area contributed by atoms with E-state index >= 15 is 0 Å². The van der Waals surface area contributed by atoms with Gasteiger partial charge in [0, 0.05) is 31.6 Å². The summed E-state index contributed by atoms with van der Waals surface area (Å²) in [6, 6.07) is 8.55. The van der Waals surface area contributed by atoms with Gasteiger partial charge in [-0.1, -0.05) is 38.5 Å². The summed E-state index contributed by atoms with van der Waals surface area (Å²) in [6.45, 7) is 9.71. The molecule has 0 radical (unpaired) electrons. The van der Waals surface area contributed by atoms with Gasteiger partial charge < -0.3 is 19.9 Å². The summed E-state index contributed by atoms with van der Waals surface area (Å²) in [6.07, 6.45) is 7.44. The van der Waals surface area contributed by atoms with Gasteiger partial charge in [0.25, 0.3) is 0 Å². The largest absolute Gasteiger partial charge is 0.496 e. The predicted molar refractivity (Wildman–Crippen MR) is 129 cm³/mol. The van der Waals surface area contributed by atoms with Gasteiger partial charge in [-0.3, -0.25) is 9.89 Å². The molecule has 176 valence electrons. The number of guanidine groups is 1. The Morgan fingerprint density at radius 3 is 2.69 bits per heavy atom. The van der Waals surface area contributed by atoms with Crippen LogP contribution in [-0.4, -0.2) is 65.5 Å². The molecule has 2 aromatic rings. The first-order chi connectivity index (χ1) is 15.8. The van der Waals surface area contributed by atoms with Crippen molar-refractivity contribution in [1.29, 1.82) is 0 Å². The summed E-state index contributed by atoms with van der Waals surface area (Å²) in [5, 5.41) is 15.2. The molecule has 0 amide bonds. The molecule has 0 aliphatic carbocycles. The maximum Gasteiger partial charge on any atom is 0.191 e. The van der Waals surface area contributed by atoms with Gasteiger partial charge in [-0.2, -0.15) is 0 Å². The third kappa shape index (κ3) is 6.69. The lowest BCUT2D eigenvalue weighted by Gasteiger charge is -2.28. The van der Waals surface area contributed by atoms with E-state index < -0.39 is 0 Å². The summed E-state index contributed by atoms with van der Waals surface area (Å²) in [7, 11) is 1.75. The van der Waals surface area contributed by atoms with Gasteiger partial charge in [0.1, 0.15) is 17.9 Å².